The van der Waals surface area contributed by atoms with E-state index in [9.17, 15) is 14.7 Å². The smallest absolute Gasteiger partial charge is 0.407 e. The molecule has 0 aliphatic heterocycles. The largest absolute Gasteiger partial charge is 0.480 e. The molecule has 1 aliphatic carbocycles. The third kappa shape index (κ3) is 4.57. The third-order valence-electron chi connectivity index (χ3n) is 5.75. The Morgan fingerprint density at radius 3 is 2.22 bits per heavy atom. The third-order valence-corrected chi connectivity index (χ3v) is 5.75. The fourth-order valence-corrected chi connectivity index (χ4v) is 4.27. The number of rotatable bonds is 8. The number of fused-ring (bicyclic) bond motifs is 3. The quantitative estimate of drug-likeness (QED) is 0.499. The van der Waals surface area contributed by atoms with Gasteiger partial charge in [0.05, 0.1) is 0 Å². The van der Waals surface area contributed by atoms with E-state index in [1.807, 2.05) is 60.7 Å². The fraction of sp³-hybridized carbons (Fsp3) is 0.185. The molecule has 5 heteroatoms. The van der Waals surface area contributed by atoms with Crippen molar-refractivity contribution in [1.82, 2.24) is 5.32 Å². The summed E-state index contributed by atoms with van der Waals surface area (Å²) < 4.78 is 5.49. The number of benzene rings is 3. The first-order chi connectivity index (χ1) is 15.6. The zero-order valence-corrected chi connectivity index (χ0v) is 17.7. The molecule has 0 saturated carbocycles. The second-order valence-electron chi connectivity index (χ2n) is 7.88. The lowest BCUT2D eigenvalue weighted by Gasteiger charge is -2.18. The van der Waals surface area contributed by atoms with Gasteiger partial charge in [-0.2, -0.15) is 0 Å². The first-order valence-corrected chi connectivity index (χ1v) is 10.6. The van der Waals surface area contributed by atoms with Gasteiger partial charge in [0.2, 0.25) is 0 Å². The van der Waals surface area contributed by atoms with Crippen LogP contribution in [0, 0.1) is 0 Å². The highest BCUT2D eigenvalue weighted by molar-refractivity contribution is 5.81. The first-order valence-electron chi connectivity index (χ1n) is 10.6. The van der Waals surface area contributed by atoms with Crippen molar-refractivity contribution in [2.75, 3.05) is 6.61 Å². The van der Waals surface area contributed by atoms with Gasteiger partial charge in [-0.3, -0.25) is 0 Å². The van der Waals surface area contributed by atoms with Gasteiger partial charge in [0.1, 0.15) is 12.6 Å². The van der Waals surface area contributed by atoms with E-state index in [0.717, 1.165) is 33.4 Å². The van der Waals surface area contributed by atoms with E-state index in [4.69, 9.17) is 4.74 Å². The van der Waals surface area contributed by atoms with Crippen LogP contribution in [0.1, 0.15) is 28.2 Å². The van der Waals surface area contributed by atoms with Gasteiger partial charge in [-0.15, -0.1) is 6.58 Å². The highest BCUT2D eigenvalue weighted by atomic mass is 16.5. The van der Waals surface area contributed by atoms with Crippen LogP contribution in [-0.2, 0) is 22.4 Å². The molecular weight excluding hydrogens is 402 g/mol. The molecule has 0 aromatic heterocycles. The molecular formula is C27H25NO4. The summed E-state index contributed by atoms with van der Waals surface area (Å²) in [6.45, 7) is 3.87. The summed E-state index contributed by atoms with van der Waals surface area (Å²) in [5.41, 5.74) is 6.36. The summed E-state index contributed by atoms with van der Waals surface area (Å²) in [5, 5.41) is 12.1. The molecule has 1 amide bonds. The Bertz CT molecular complexity index is 1110. The van der Waals surface area contributed by atoms with Crippen molar-refractivity contribution in [3.8, 4) is 11.1 Å². The van der Waals surface area contributed by atoms with Crippen molar-refractivity contribution >= 4 is 12.1 Å². The average Bonchev–Trinajstić information content (AvgIpc) is 3.11. The number of allylic oxidation sites excluding steroid dienone is 1. The monoisotopic (exact) mass is 427 g/mol. The lowest BCUT2D eigenvalue weighted by atomic mass is 9.98. The maximum absolute atomic E-state index is 12.5. The topological polar surface area (TPSA) is 75.6 Å². The standard InChI is InChI=1S/C27H25NO4/c1-2-8-18-9-7-10-19(15-18)16-25(26(29)30)28-27(31)32-17-24-22-13-5-3-11-20(22)21-12-4-6-14-23(21)24/h2-7,9-15,24-25H,1,8,16-17H2,(H,28,31)(H,29,30)/t25-/m1/s1. The molecule has 0 radical (unpaired) electrons. The normalized spacial score (nSPS) is 13.0. The van der Waals surface area contributed by atoms with Crippen LogP contribution < -0.4 is 5.32 Å². The minimum Gasteiger partial charge on any atom is -0.480 e. The number of alkyl carbamates (subject to hydrolysis) is 1. The molecule has 162 valence electrons. The first kappa shape index (κ1) is 21.4. The Hall–Kier alpha value is -3.86. The molecule has 4 rings (SSSR count). The molecule has 0 bridgehead atoms. The SMILES string of the molecule is C=CCc1cccc(C[C@@H](NC(=O)OCC2c3ccccc3-c3ccccc32)C(=O)O)c1. The Kier molecular flexibility index (Phi) is 6.36. The lowest BCUT2D eigenvalue weighted by molar-refractivity contribution is -0.139. The Morgan fingerprint density at radius 1 is 0.969 bits per heavy atom. The number of carboxylic acids is 1. The van der Waals surface area contributed by atoms with Crippen LogP contribution in [0.4, 0.5) is 4.79 Å². The minimum atomic E-state index is -1.10. The molecule has 3 aromatic carbocycles. The summed E-state index contributed by atoms with van der Waals surface area (Å²) in [6, 6.07) is 22.7. The summed E-state index contributed by atoms with van der Waals surface area (Å²) in [4.78, 5) is 24.2. The van der Waals surface area contributed by atoms with Crippen molar-refractivity contribution in [2.45, 2.75) is 24.8 Å². The van der Waals surface area contributed by atoms with Gasteiger partial charge < -0.3 is 15.2 Å². The van der Waals surface area contributed by atoms with Crippen molar-refractivity contribution in [3.63, 3.8) is 0 Å². The van der Waals surface area contributed by atoms with Gasteiger partial charge in [-0.1, -0.05) is 78.9 Å². The van der Waals surface area contributed by atoms with E-state index in [-0.39, 0.29) is 18.9 Å². The highest BCUT2D eigenvalue weighted by Gasteiger charge is 2.29. The lowest BCUT2D eigenvalue weighted by Crippen LogP contribution is -2.42. The summed E-state index contributed by atoms with van der Waals surface area (Å²) in [6.07, 6.45) is 1.93. The van der Waals surface area contributed by atoms with Crippen molar-refractivity contribution < 1.29 is 19.4 Å². The van der Waals surface area contributed by atoms with Crippen molar-refractivity contribution in [2.24, 2.45) is 0 Å². The highest BCUT2D eigenvalue weighted by Crippen LogP contribution is 2.44. The molecule has 1 atom stereocenters. The number of carbonyl (C=O) groups is 2. The number of hydrogen-bond donors (Lipinski definition) is 2. The number of nitrogens with one attached hydrogen (secondary N) is 1. The summed E-state index contributed by atoms with van der Waals surface area (Å²) in [5.74, 6) is -1.18. The summed E-state index contributed by atoms with van der Waals surface area (Å²) in [7, 11) is 0. The van der Waals surface area contributed by atoms with E-state index in [1.165, 1.54) is 0 Å². The van der Waals surface area contributed by atoms with Crippen LogP contribution in [0.5, 0.6) is 0 Å². The molecule has 0 spiro atoms. The van der Waals surface area contributed by atoms with E-state index < -0.39 is 18.1 Å². The van der Waals surface area contributed by atoms with Crippen LogP contribution in [0.3, 0.4) is 0 Å². The van der Waals surface area contributed by atoms with E-state index >= 15 is 0 Å². The van der Waals surface area contributed by atoms with E-state index in [0.29, 0.717) is 6.42 Å². The molecule has 0 saturated heterocycles. The number of aliphatic carboxylic acids is 1. The Morgan fingerprint density at radius 2 is 1.59 bits per heavy atom. The van der Waals surface area contributed by atoms with Crippen molar-refractivity contribution in [3.05, 3.63) is 108 Å². The second kappa shape index (κ2) is 9.52. The fourth-order valence-electron chi connectivity index (χ4n) is 4.27. The predicted molar refractivity (Wildman–Crippen MR) is 124 cm³/mol. The van der Waals surface area contributed by atoms with Crippen molar-refractivity contribution in [1.29, 1.82) is 0 Å². The molecule has 32 heavy (non-hydrogen) atoms. The van der Waals surface area contributed by atoms with Gasteiger partial charge in [0.15, 0.2) is 0 Å². The minimum absolute atomic E-state index is 0.0768. The predicted octanol–water partition coefficient (Wildman–Crippen LogP) is 4.95. The zero-order chi connectivity index (χ0) is 22.5. The maximum Gasteiger partial charge on any atom is 0.407 e. The molecule has 0 fully saturated rings. The molecule has 5 nitrogen and oxygen atoms in total. The maximum atomic E-state index is 12.5. The van der Waals surface area contributed by atoms with Gasteiger partial charge in [0, 0.05) is 12.3 Å². The van der Waals surface area contributed by atoms with Gasteiger partial charge in [-0.05, 0) is 39.8 Å². The van der Waals surface area contributed by atoms with Crippen LogP contribution >= 0.6 is 0 Å². The van der Waals surface area contributed by atoms with Crippen LogP contribution in [0.15, 0.2) is 85.5 Å². The molecule has 3 aromatic rings. The molecule has 0 heterocycles. The average molecular weight is 428 g/mol. The van der Waals surface area contributed by atoms with Crippen LogP contribution in [-0.4, -0.2) is 29.8 Å². The van der Waals surface area contributed by atoms with Crippen LogP contribution in [0.25, 0.3) is 11.1 Å². The Labute approximate surface area is 187 Å². The van der Waals surface area contributed by atoms with E-state index in [1.54, 1.807) is 6.08 Å². The van der Waals surface area contributed by atoms with Crippen LogP contribution in [0.2, 0.25) is 0 Å². The van der Waals surface area contributed by atoms with Gasteiger partial charge in [-0.25, -0.2) is 9.59 Å². The number of ether oxygens (including phenoxy) is 1. The number of carboxylic acid groups (broad SMARTS) is 1. The Balaban J connectivity index is 1.42. The summed E-state index contributed by atoms with van der Waals surface area (Å²) >= 11 is 0. The molecule has 1 aliphatic rings. The van der Waals surface area contributed by atoms with Gasteiger partial charge in [0.25, 0.3) is 0 Å². The molecule has 0 unspecified atom stereocenters. The van der Waals surface area contributed by atoms with Gasteiger partial charge >= 0.3 is 12.1 Å². The van der Waals surface area contributed by atoms with E-state index in [2.05, 4.69) is 24.0 Å². The zero-order valence-electron chi connectivity index (χ0n) is 17.7. The number of carbonyl (C=O) groups excluding carboxylic acids is 1. The number of hydrogen-bond acceptors (Lipinski definition) is 3. The second-order valence-corrected chi connectivity index (χ2v) is 7.88. The molecule has 2 N–H and O–H groups in total. The number of amides is 1.